The molecule has 0 unspecified atom stereocenters. The molecule has 0 aliphatic carbocycles. The lowest BCUT2D eigenvalue weighted by Crippen LogP contribution is -2.21. The number of nitrogens with zero attached hydrogens (tertiary/aromatic N) is 1. The summed E-state index contributed by atoms with van der Waals surface area (Å²) in [6.45, 7) is 4.26. The van der Waals surface area contributed by atoms with Crippen LogP contribution in [0.15, 0.2) is 0 Å². The summed E-state index contributed by atoms with van der Waals surface area (Å²) in [5.74, 6) is 0. The van der Waals surface area contributed by atoms with Gasteiger partial charge in [0, 0.05) is 12.7 Å². The van der Waals surface area contributed by atoms with Crippen molar-refractivity contribution in [2.75, 3.05) is 26.3 Å². The highest BCUT2D eigenvalue weighted by Gasteiger charge is 1.94. The zero-order valence-corrected chi connectivity index (χ0v) is 7.73. The molecule has 0 fully saturated rings. The van der Waals surface area contributed by atoms with Gasteiger partial charge in [-0.05, 0) is 20.0 Å². The van der Waals surface area contributed by atoms with E-state index in [1.807, 2.05) is 0 Å². The van der Waals surface area contributed by atoms with Crippen LogP contribution in [0.2, 0.25) is 0 Å². The fourth-order valence-electron chi connectivity index (χ4n) is 0.751. The van der Waals surface area contributed by atoms with Gasteiger partial charge in [-0.25, -0.2) is 0 Å². The van der Waals surface area contributed by atoms with Crippen LogP contribution < -0.4 is 0 Å². The number of hydrogen-bond acceptors (Lipinski definition) is 2. The average Bonchev–Trinajstić information content (AvgIpc) is 1.97. The van der Waals surface area contributed by atoms with E-state index in [4.69, 9.17) is 0 Å². The van der Waals surface area contributed by atoms with Gasteiger partial charge in [-0.1, -0.05) is 13.3 Å². The Morgan fingerprint density at radius 2 is 2.10 bits per heavy atom. The van der Waals surface area contributed by atoms with E-state index in [-0.39, 0.29) is 8.46 Å². The Kier molecular flexibility index (Phi) is 7.21. The second kappa shape index (κ2) is 7.17. The summed E-state index contributed by atoms with van der Waals surface area (Å²) in [6, 6.07) is 0. The van der Waals surface area contributed by atoms with E-state index in [2.05, 4.69) is 18.9 Å². The van der Waals surface area contributed by atoms with E-state index in [1.165, 1.54) is 12.8 Å². The Balaban J connectivity index is 3.07. The summed E-state index contributed by atoms with van der Waals surface area (Å²) in [5, 5.41) is 0. The highest BCUT2D eigenvalue weighted by atomic mass is 31.1. The van der Waals surface area contributed by atoms with Crippen LogP contribution in [0.5, 0.6) is 0 Å². The van der Waals surface area contributed by atoms with Gasteiger partial charge in [-0.2, -0.15) is 0 Å². The van der Waals surface area contributed by atoms with Crippen LogP contribution in [0.3, 0.4) is 0 Å². The normalized spacial score (nSPS) is 11.1. The molecule has 0 aliphatic heterocycles. The molecule has 60 valence electrons. The van der Waals surface area contributed by atoms with Crippen LogP contribution in [0.4, 0.5) is 0 Å². The van der Waals surface area contributed by atoms with Crippen molar-refractivity contribution in [1.29, 1.82) is 0 Å². The highest BCUT2D eigenvalue weighted by molar-refractivity contribution is 7.23. The first-order chi connectivity index (χ1) is 4.81. The third-order valence-corrected chi connectivity index (χ3v) is 1.85. The monoisotopic (exact) mass is 161 g/mol. The molecule has 0 atom stereocenters. The van der Waals surface area contributed by atoms with Crippen LogP contribution in [0.1, 0.15) is 19.8 Å². The molecule has 0 saturated carbocycles. The maximum atomic E-state index is 10.1. The van der Waals surface area contributed by atoms with Gasteiger partial charge >= 0.3 is 0 Å². The minimum absolute atomic E-state index is 0.268. The Hall–Kier alpha value is 0.0600. The van der Waals surface area contributed by atoms with Crippen molar-refractivity contribution < 1.29 is 4.57 Å². The quantitative estimate of drug-likeness (QED) is 0.555. The lowest BCUT2D eigenvalue weighted by Gasteiger charge is -2.13. The van der Waals surface area contributed by atoms with E-state index in [1.54, 1.807) is 0 Å². The maximum Gasteiger partial charge on any atom is 0.156 e. The molecule has 0 N–H and O–H groups in total. The van der Waals surface area contributed by atoms with E-state index in [0.29, 0.717) is 0 Å². The van der Waals surface area contributed by atoms with E-state index < -0.39 is 0 Å². The molecule has 0 aliphatic rings. The molecule has 3 heteroatoms. The summed E-state index contributed by atoms with van der Waals surface area (Å²) >= 11 is 0. The third-order valence-electron chi connectivity index (χ3n) is 1.47. The fourth-order valence-corrected chi connectivity index (χ4v) is 1.17. The molecule has 2 nitrogen and oxygen atoms in total. The Labute approximate surface area is 64.8 Å². The zero-order chi connectivity index (χ0) is 7.82. The number of hydrogen-bond donors (Lipinski definition) is 0. The topological polar surface area (TPSA) is 20.3 Å². The van der Waals surface area contributed by atoms with Crippen LogP contribution in [-0.4, -0.2) is 31.2 Å². The Morgan fingerprint density at radius 1 is 1.40 bits per heavy atom. The molecule has 0 radical (unpaired) electrons. The Morgan fingerprint density at radius 3 is 2.60 bits per heavy atom. The third kappa shape index (κ3) is 6.18. The lowest BCUT2D eigenvalue weighted by molar-refractivity contribution is 0.347. The molecule has 0 spiro atoms. The van der Waals surface area contributed by atoms with Gasteiger partial charge in [0.1, 0.15) is 0 Å². The van der Waals surface area contributed by atoms with Crippen molar-refractivity contribution in [2.45, 2.75) is 19.8 Å². The van der Waals surface area contributed by atoms with Gasteiger partial charge in [-0.15, -0.1) is 0 Å². The average molecular weight is 161 g/mol. The van der Waals surface area contributed by atoms with Gasteiger partial charge in [0.15, 0.2) is 8.46 Å². The predicted molar refractivity (Wildman–Crippen MR) is 44.9 cm³/mol. The van der Waals surface area contributed by atoms with Gasteiger partial charge in [0.05, 0.1) is 0 Å². The molecule has 0 rings (SSSR count). The van der Waals surface area contributed by atoms with Crippen molar-refractivity contribution >= 4 is 8.46 Å². The first-order valence-electron chi connectivity index (χ1n) is 3.79. The minimum Gasteiger partial charge on any atom is -0.306 e. The second-order valence-corrected chi connectivity index (χ2v) is 3.21. The van der Waals surface area contributed by atoms with E-state index in [9.17, 15) is 4.57 Å². The van der Waals surface area contributed by atoms with Crippen LogP contribution in [0, 0.1) is 0 Å². The zero-order valence-electron chi connectivity index (χ0n) is 6.84. The summed E-state index contributed by atoms with van der Waals surface area (Å²) in [4.78, 5) is 2.22. The standard InChI is InChI=1S/C7H16NOP/c1-3-4-5-8(2)6-7-10-9/h3-7H2,1-2H3. The lowest BCUT2D eigenvalue weighted by atomic mass is 10.3. The number of rotatable bonds is 6. The van der Waals surface area contributed by atoms with Gasteiger partial charge in [0.2, 0.25) is 0 Å². The molecular formula is C7H16NOP. The van der Waals surface area contributed by atoms with E-state index in [0.717, 1.165) is 19.3 Å². The highest BCUT2D eigenvalue weighted by Crippen LogP contribution is 1.95. The second-order valence-electron chi connectivity index (χ2n) is 2.51. The van der Waals surface area contributed by atoms with Gasteiger partial charge in [0.25, 0.3) is 0 Å². The van der Waals surface area contributed by atoms with Gasteiger partial charge < -0.3 is 4.90 Å². The summed E-state index contributed by atoms with van der Waals surface area (Å²) in [6.07, 6.45) is 3.24. The van der Waals surface area contributed by atoms with Crippen molar-refractivity contribution in [1.82, 2.24) is 4.90 Å². The molecule has 0 amide bonds. The molecule has 0 aromatic heterocycles. The van der Waals surface area contributed by atoms with Crippen LogP contribution in [-0.2, 0) is 4.57 Å². The fraction of sp³-hybridized carbons (Fsp3) is 1.00. The molecule has 10 heavy (non-hydrogen) atoms. The summed E-state index contributed by atoms with van der Waals surface area (Å²) in [5.41, 5.74) is 0. The van der Waals surface area contributed by atoms with E-state index >= 15 is 0 Å². The molecule has 0 heterocycles. The minimum atomic E-state index is 0.268. The largest absolute Gasteiger partial charge is 0.306 e. The van der Waals surface area contributed by atoms with Gasteiger partial charge in [-0.3, -0.25) is 4.57 Å². The Bertz CT molecular complexity index is 87.7. The molecule has 0 bridgehead atoms. The SMILES string of the molecule is CCCCN(C)CCP=O. The van der Waals surface area contributed by atoms with Crippen molar-refractivity contribution in [3.8, 4) is 0 Å². The first-order valence-corrected chi connectivity index (χ1v) is 4.78. The van der Waals surface area contributed by atoms with Crippen LogP contribution in [0.25, 0.3) is 0 Å². The summed E-state index contributed by atoms with van der Waals surface area (Å²) in [7, 11) is 2.34. The van der Waals surface area contributed by atoms with Crippen LogP contribution >= 0.6 is 8.46 Å². The number of unbranched alkanes of at least 4 members (excludes halogenated alkanes) is 1. The summed E-state index contributed by atoms with van der Waals surface area (Å²) < 4.78 is 10.1. The van der Waals surface area contributed by atoms with Crippen molar-refractivity contribution in [3.05, 3.63) is 0 Å². The molecular weight excluding hydrogens is 145 g/mol. The molecule has 0 aromatic carbocycles. The van der Waals surface area contributed by atoms with Crippen molar-refractivity contribution in [2.24, 2.45) is 0 Å². The maximum absolute atomic E-state index is 10.1. The predicted octanol–water partition coefficient (Wildman–Crippen LogP) is 2.01. The first kappa shape index (κ1) is 10.1. The van der Waals surface area contributed by atoms with Crippen molar-refractivity contribution in [3.63, 3.8) is 0 Å². The molecule has 0 saturated heterocycles. The smallest absolute Gasteiger partial charge is 0.156 e. The molecule has 0 aromatic rings.